The normalized spacial score (nSPS) is 14.9. The van der Waals surface area contributed by atoms with Gasteiger partial charge in [-0.3, -0.25) is 0 Å². The molecule has 2 heterocycles. The minimum atomic E-state index is -3.53. The number of rotatable bonds is 3. The molecule has 4 rings (SSSR count). The van der Waals surface area contributed by atoms with Gasteiger partial charge in [0.25, 0.3) is 0 Å². The summed E-state index contributed by atoms with van der Waals surface area (Å²) >= 11 is 1.60. The number of hydrogen-bond donors (Lipinski definition) is 0. The van der Waals surface area contributed by atoms with Gasteiger partial charge in [-0.05, 0) is 31.9 Å². The predicted molar refractivity (Wildman–Crippen MR) is 110 cm³/mol. The highest BCUT2D eigenvalue weighted by Gasteiger charge is 2.32. The molecule has 0 spiro atoms. The van der Waals surface area contributed by atoms with Gasteiger partial charge in [0.05, 0.1) is 17.1 Å². The van der Waals surface area contributed by atoms with Crippen molar-refractivity contribution in [2.75, 3.05) is 6.54 Å². The van der Waals surface area contributed by atoms with E-state index in [1.807, 2.05) is 63.2 Å². The van der Waals surface area contributed by atoms with E-state index >= 15 is 0 Å². The van der Waals surface area contributed by atoms with Crippen LogP contribution in [0.25, 0.3) is 10.6 Å². The zero-order valence-electron chi connectivity index (χ0n) is 15.7. The van der Waals surface area contributed by atoms with Crippen molar-refractivity contribution in [1.82, 2.24) is 9.29 Å². The summed E-state index contributed by atoms with van der Waals surface area (Å²) in [6.45, 7) is 6.62. The molecule has 0 amide bonds. The molecule has 4 nitrogen and oxygen atoms in total. The monoisotopic (exact) mass is 398 g/mol. The lowest BCUT2D eigenvalue weighted by atomic mass is 10.1. The van der Waals surface area contributed by atoms with Crippen LogP contribution in [0.2, 0.25) is 0 Å². The van der Waals surface area contributed by atoms with E-state index in [1.165, 1.54) is 0 Å². The lowest BCUT2D eigenvalue weighted by Gasteiger charge is -2.27. The number of hydrogen-bond acceptors (Lipinski definition) is 4. The lowest BCUT2D eigenvalue weighted by molar-refractivity contribution is 0.392. The van der Waals surface area contributed by atoms with Gasteiger partial charge in [-0.25, -0.2) is 13.4 Å². The summed E-state index contributed by atoms with van der Waals surface area (Å²) in [6, 6.07) is 13.9. The molecule has 0 bridgehead atoms. The number of sulfonamides is 1. The summed E-state index contributed by atoms with van der Waals surface area (Å²) in [5.41, 5.74) is 4.82. The van der Waals surface area contributed by atoms with Gasteiger partial charge in [0, 0.05) is 23.4 Å². The molecule has 0 atom stereocenters. The van der Waals surface area contributed by atoms with Crippen LogP contribution in [0.4, 0.5) is 0 Å². The van der Waals surface area contributed by atoms with Crippen LogP contribution in [0.1, 0.15) is 27.3 Å². The molecule has 0 unspecified atom stereocenters. The highest BCUT2D eigenvalue weighted by Crippen LogP contribution is 2.34. The van der Waals surface area contributed by atoms with Crippen molar-refractivity contribution in [2.45, 2.75) is 38.6 Å². The Hall–Kier alpha value is -2.02. The fraction of sp³-hybridized carbons (Fsp3) is 0.286. The van der Waals surface area contributed by atoms with Gasteiger partial charge in [0.1, 0.15) is 5.01 Å². The summed E-state index contributed by atoms with van der Waals surface area (Å²) in [5, 5.41) is 0.961. The topological polar surface area (TPSA) is 50.3 Å². The second-order valence-electron chi connectivity index (χ2n) is 7.07. The van der Waals surface area contributed by atoms with Gasteiger partial charge < -0.3 is 0 Å². The van der Waals surface area contributed by atoms with Crippen LogP contribution in [0.3, 0.4) is 0 Å². The second-order valence-corrected chi connectivity index (χ2v) is 10.0. The Bertz CT molecular complexity index is 1080. The molecule has 0 radical (unpaired) electrons. The van der Waals surface area contributed by atoms with Gasteiger partial charge in [-0.15, -0.1) is 11.3 Å². The van der Waals surface area contributed by atoms with Crippen molar-refractivity contribution in [3.8, 4) is 10.6 Å². The fourth-order valence-corrected chi connectivity index (χ4v) is 6.82. The first-order valence-corrected chi connectivity index (χ1v) is 11.2. The number of aryl methyl sites for hydroxylation is 3. The van der Waals surface area contributed by atoms with Gasteiger partial charge >= 0.3 is 0 Å². The van der Waals surface area contributed by atoms with Crippen molar-refractivity contribution < 1.29 is 8.42 Å². The molecule has 3 aromatic rings. The van der Waals surface area contributed by atoms with Crippen LogP contribution in [0, 0.1) is 20.8 Å². The molecule has 1 aliphatic heterocycles. The summed E-state index contributed by atoms with van der Waals surface area (Å²) in [7, 11) is -3.53. The first kappa shape index (κ1) is 18.3. The van der Waals surface area contributed by atoms with Crippen molar-refractivity contribution in [3.63, 3.8) is 0 Å². The van der Waals surface area contributed by atoms with Crippen molar-refractivity contribution in [3.05, 3.63) is 69.7 Å². The minimum Gasteiger partial charge on any atom is -0.241 e. The van der Waals surface area contributed by atoms with E-state index in [1.54, 1.807) is 15.6 Å². The van der Waals surface area contributed by atoms with Crippen molar-refractivity contribution in [2.24, 2.45) is 0 Å². The predicted octanol–water partition coefficient (Wildman–Crippen LogP) is 4.48. The third-order valence-corrected chi connectivity index (χ3v) is 8.20. The number of aromatic nitrogens is 1. The summed E-state index contributed by atoms with van der Waals surface area (Å²) in [5.74, 6) is 0. The molecule has 0 aliphatic carbocycles. The van der Waals surface area contributed by atoms with E-state index in [0.29, 0.717) is 24.4 Å². The van der Waals surface area contributed by atoms with E-state index in [2.05, 4.69) is 0 Å². The maximum absolute atomic E-state index is 13.3. The Labute approximate surface area is 164 Å². The summed E-state index contributed by atoms with van der Waals surface area (Å²) < 4.78 is 28.3. The van der Waals surface area contributed by atoms with Gasteiger partial charge in [0.2, 0.25) is 10.0 Å². The molecular weight excluding hydrogens is 376 g/mol. The number of benzene rings is 2. The number of thiazole rings is 1. The standard InChI is InChI=1S/C21H22N2O2S2/c1-14-11-15(2)20(16(3)12-14)27(24,25)23-10-9-18-19(13-23)26-21(22-18)17-7-5-4-6-8-17/h4-8,11-12H,9-10,13H2,1-3H3. The summed E-state index contributed by atoms with van der Waals surface area (Å²) in [6.07, 6.45) is 0.655. The smallest absolute Gasteiger partial charge is 0.241 e. The highest BCUT2D eigenvalue weighted by atomic mass is 32.2. The molecule has 0 saturated carbocycles. The Morgan fingerprint density at radius 1 is 1.04 bits per heavy atom. The summed E-state index contributed by atoms with van der Waals surface area (Å²) in [4.78, 5) is 6.25. The molecule has 1 aliphatic rings. The van der Waals surface area contributed by atoms with Crippen LogP contribution in [0.15, 0.2) is 47.4 Å². The first-order valence-electron chi connectivity index (χ1n) is 8.98. The molecule has 1 aromatic heterocycles. The molecule has 0 fully saturated rings. The van der Waals surface area contributed by atoms with E-state index in [9.17, 15) is 8.42 Å². The zero-order chi connectivity index (χ0) is 19.2. The van der Waals surface area contributed by atoms with Gasteiger partial charge in [-0.2, -0.15) is 4.31 Å². The fourth-order valence-electron chi connectivity index (χ4n) is 3.78. The lowest BCUT2D eigenvalue weighted by Crippen LogP contribution is -2.36. The average molecular weight is 399 g/mol. The van der Waals surface area contributed by atoms with E-state index in [0.717, 1.165) is 37.8 Å². The number of nitrogens with zero attached hydrogens (tertiary/aromatic N) is 2. The van der Waals surface area contributed by atoms with E-state index in [4.69, 9.17) is 4.98 Å². The van der Waals surface area contributed by atoms with Gasteiger partial charge in [0.15, 0.2) is 0 Å². The van der Waals surface area contributed by atoms with E-state index < -0.39 is 10.0 Å². The van der Waals surface area contributed by atoms with E-state index in [-0.39, 0.29) is 0 Å². The van der Waals surface area contributed by atoms with Crippen LogP contribution in [-0.4, -0.2) is 24.3 Å². The molecule has 0 saturated heterocycles. The molecule has 140 valence electrons. The third-order valence-electron chi connectivity index (χ3n) is 4.92. The largest absolute Gasteiger partial charge is 0.243 e. The number of fused-ring (bicyclic) bond motifs is 1. The Balaban J connectivity index is 1.68. The molecule has 27 heavy (non-hydrogen) atoms. The third kappa shape index (κ3) is 3.33. The quantitative estimate of drug-likeness (QED) is 0.653. The van der Waals surface area contributed by atoms with Crippen molar-refractivity contribution >= 4 is 21.4 Å². The molecular formula is C21H22N2O2S2. The average Bonchev–Trinajstić information content (AvgIpc) is 3.04. The van der Waals surface area contributed by atoms with Crippen LogP contribution in [-0.2, 0) is 23.0 Å². The second kappa shape index (κ2) is 6.86. The van der Waals surface area contributed by atoms with Crippen molar-refractivity contribution in [1.29, 1.82) is 0 Å². The Morgan fingerprint density at radius 3 is 2.37 bits per heavy atom. The molecule has 2 aromatic carbocycles. The maximum atomic E-state index is 13.3. The Kier molecular flexibility index (Phi) is 4.66. The maximum Gasteiger partial charge on any atom is 0.243 e. The first-order chi connectivity index (χ1) is 12.9. The van der Waals surface area contributed by atoms with Gasteiger partial charge in [-0.1, -0.05) is 48.0 Å². The SMILES string of the molecule is Cc1cc(C)c(S(=O)(=O)N2CCc3nc(-c4ccccc4)sc3C2)c(C)c1. The zero-order valence-corrected chi connectivity index (χ0v) is 17.3. The van der Waals surface area contributed by atoms with Crippen LogP contribution >= 0.6 is 11.3 Å². The Morgan fingerprint density at radius 2 is 1.70 bits per heavy atom. The molecule has 6 heteroatoms. The van der Waals surface area contributed by atoms with Crippen LogP contribution in [0.5, 0.6) is 0 Å². The minimum absolute atomic E-state index is 0.398. The van der Waals surface area contributed by atoms with Crippen LogP contribution < -0.4 is 0 Å². The highest BCUT2D eigenvalue weighted by molar-refractivity contribution is 7.89. The molecule has 0 N–H and O–H groups in total.